The molecule has 0 aromatic heterocycles. The fourth-order valence-corrected chi connectivity index (χ4v) is 3.04. The SMILES string of the molecule is O=C(C1COc2ccccc2C1)N1CCCCCC1. The number of amides is 1. The summed E-state index contributed by atoms with van der Waals surface area (Å²) in [4.78, 5) is 14.6. The molecule has 3 heteroatoms. The summed E-state index contributed by atoms with van der Waals surface area (Å²) in [6, 6.07) is 8.05. The fourth-order valence-electron chi connectivity index (χ4n) is 3.04. The topological polar surface area (TPSA) is 29.5 Å². The first-order valence-electron chi connectivity index (χ1n) is 7.34. The Morgan fingerprint density at radius 3 is 2.63 bits per heavy atom. The van der Waals surface area contributed by atoms with Gasteiger partial charge >= 0.3 is 0 Å². The summed E-state index contributed by atoms with van der Waals surface area (Å²) in [7, 11) is 0. The standard InChI is InChI=1S/C16H21NO2/c18-16(17-9-5-1-2-6-10-17)14-11-13-7-3-4-8-15(13)19-12-14/h3-4,7-8,14H,1-2,5-6,9-12H2. The van der Waals surface area contributed by atoms with Gasteiger partial charge in [0, 0.05) is 13.1 Å². The van der Waals surface area contributed by atoms with Gasteiger partial charge in [0.25, 0.3) is 0 Å². The van der Waals surface area contributed by atoms with E-state index < -0.39 is 0 Å². The van der Waals surface area contributed by atoms with Gasteiger partial charge in [-0.1, -0.05) is 31.0 Å². The first-order valence-corrected chi connectivity index (χ1v) is 7.34. The normalized spacial score (nSPS) is 23.2. The molecular formula is C16H21NO2. The number of likely N-dealkylation sites (tertiary alicyclic amines) is 1. The van der Waals surface area contributed by atoms with Crippen molar-refractivity contribution >= 4 is 5.91 Å². The van der Waals surface area contributed by atoms with E-state index in [1.54, 1.807) is 0 Å². The maximum atomic E-state index is 12.6. The zero-order valence-electron chi connectivity index (χ0n) is 11.3. The van der Waals surface area contributed by atoms with Crippen molar-refractivity contribution < 1.29 is 9.53 Å². The quantitative estimate of drug-likeness (QED) is 0.776. The number of ether oxygens (including phenoxy) is 1. The molecule has 0 saturated carbocycles. The molecule has 0 aliphatic carbocycles. The van der Waals surface area contributed by atoms with E-state index in [4.69, 9.17) is 4.74 Å². The summed E-state index contributed by atoms with van der Waals surface area (Å²) < 4.78 is 5.73. The van der Waals surface area contributed by atoms with Crippen LogP contribution >= 0.6 is 0 Å². The van der Waals surface area contributed by atoms with Gasteiger partial charge in [0.05, 0.1) is 5.92 Å². The highest BCUT2D eigenvalue weighted by Crippen LogP contribution is 2.28. The van der Waals surface area contributed by atoms with Crippen LogP contribution in [-0.4, -0.2) is 30.5 Å². The van der Waals surface area contributed by atoms with Crippen molar-refractivity contribution in [2.45, 2.75) is 32.1 Å². The Kier molecular flexibility index (Phi) is 3.72. The van der Waals surface area contributed by atoms with Crippen LogP contribution in [0.3, 0.4) is 0 Å². The number of fused-ring (bicyclic) bond motifs is 1. The van der Waals surface area contributed by atoms with E-state index in [-0.39, 0.29) is 11.8 Å². The minimum Gasteiger partial charge on any atom is -0.492 e. The zero-order chi connectivity index (χ0) is 13.1. The first-order chi connectivity index (χ1) is 9.34. The van der Waals surface area contributed by atoms with E-state index in [1.807, 2.05) is 18.2 Å². The van der Waals surface area contributed by atoms with Gasteiger partial charge in [-0.25, -0.2) is 0 Å². The molecule has 2 aliphatic rings. The van der Waals surface area contributed by atoms with Gasteiger partial charge in [0.15, 0.2) is 0 Å². The second kappa shape index (κ2) is 5.64. The van der Waals surface area contributed by atoms with Gasteiger partial charge in [-0.15, -0.1) is 0 Å². The molecule has 0 N–H and O–H groups in total. The first kappa shape index (κ1) is 12.5. The predicted octanol–water partition coefficient (Wildman–Crippen LogP) is 2.64. The predicted molar refractivity (Wildman–Crippen MR) is 74.2 cm³/mol. The molecule has 1 aromatic carbocycles. The number of nitrogens with zero attached hydrogens (tertiary/aromatic N) is 1. The molecule has 1 aromatic rings. The lowest BCUT2D eigenvalue weighted by atomic mass is 9.95. The highest BCUT2D eigenvalue weighted by Gasteiger charge is 2.29. The van der Waals surface area contributed by atoms with Crippen molar-refractivity contribution in [3.8, 4) is 5.75 Å². The molecule has 1 atom stereocenters. The van der Waals surface area contributed by atoms with Crippen molar-refractivity contribution in [2.75, 3.05) is 19.7 Å². The van der Waals surface area contributed by atoms with Crippen LogP contribution in [-0.2, 0) is 11.2 Å². The number of hydrogen-bond donors (Lipinski definition) is 0. The Hall–Kier alpha value is -1.51. The number of carbonyl (C=O) groups is 1. The van der Waals surface area contributed by atoms with Crippen molar-refractivity contribution in [3.63, 3.8) is 0 Å². The second-order valence-corrected chi connectivity index (χ2v) is 5.56. The van der Waals surface area contributed by atoms with Crippen LogP contribution in [0.15, 0.2) is 24.3 Å². The Balaban J connectivity index is 1.68. The summed E-state index contributed by atoms with van der Waals surface area (Å²) >= 11 is 0. The third-order valence-electron chi connectivity index (χ3n) is 4.15. The van der Waals surface area contributed by atoms with Crippen LogP contribution in [0.4, 0.5) is 0 Å². The summed E-state index contributed by atoms with van der Waals surface area (Å²) in [5.74, 6) is 1.24. The van der Waals surface area contributed by atoms with E-state index in [0.29, 0.717) is 6.61 Å². The summed E-state index contributed by atoms with van der Waals surface area (Å²) in [5, 5.41) is 0. The van der Waals surface area contributed by atoms with E-state index in [0.717, 1.165) is 38.1 Å². The Labute approximate surface area is 114 Å². The maximum absolute atomic E-state index is 12.6. The minimum absolute atomic E-state index is 0.00741. The number of benzene rings is 1. The average molecular weight is 259 g/mol. The second-order valence-electron chi connectivity index (χ2n) is 5.56. The van der Waals surface area contributed by atoms with Gasteiger partial charge in [-0.3, -0.25) is 4.79 Å². The summed E-state index contributed by atoms with van der Waals surface area (Å²) in [6.07, 6.45) is 5.64. The molecule has 2 aliphatic heterocycles. The minimum atomic E-state index is 0.00741. The highest BCUT2D eigenvalue weighted by atomic mass is 16.5. The summed E-state index contributed by atoms with van der Waals surface area (Å²) in [6.45, 7) is 2.39. The fraction of sp³-hybridized carbons (Fsp3) is 0.562. The molecule has 3 nitrogen and oxygen atoms in total. The molecule has 1 fully saturated rings. The number of hydrogen-bond acceptors (Lipinski definition) is 2. The third kappa shape index (κ3) is 2.75. The molecule has 0 bridgehead atoms. The number of para-hydroxylation sites is 1. The van der Waals surface area contributed by atoms with Gasteiger partial charge in [-0.05, 0) is 30.9 Å². The smallest absolute Gasteiger partial charge is 0.229 e. The maximum Gasteiger partial charge on any atom is 0.229 e. The molecule has 0 spiro atoms. The largest absolute Gasteiger partial charge is 0.492 e. The lowest BCUT2D eigenvalue weighted by Gasteiger charge is -2.29. The highest BCUT2D eigenvalue weighted by molar-refractivity contribution is 5.79. The van der Waals surface area contributed by atoms with Crippen molar-refractivity contribution in [2.24, 2.45) is 5.92 Å². The van der Waals surface area contributed by atoms with Crippen molar-refractivity contribution in [3.05, 3.63) is 29.8 Å². The molecule has 19 heavy (non-hydrogen) atoms. The van der Waals surface area contributed by atoms with Gasteiger partial charge < -0.3 is 9.64 Å². The van der Waals surface area contributed by atoms with Crippen LogP contribution in [0.1, 0.15) is 31.2 Å². The van der Waals surface area contributed by atoms with E-state index in [1.165, 1.54) is 18.4 Å². The van der Waals surface area contributed by atoms with Crippen LogP contribution in [0, 0.1) is 5.92 Å². The molecular weight excluding hydrogens is 238 g/mol. The van der Waals surface area contributed by atoms with Crippen molar-refractivity contribution in [1.29, 1.82) is 0 Å². The lowest BCUT2D eigenvalue weighted by molar-refractivity contribution is -0.136. The molecule has 1 unspecified atom stereocenters. The third-order valence-corrected chi connectivity index (χ3v) is 4.15. The number of carbonyl (C=O) groups excluding carboxylic acids is 1. The zero-order valence-corrected chi connectivity index (χ0v) is 11.3. The van der Waals surface area contributed by atoms with Crippen LogP contribution < -0.4 is 4.74 Å². The Morgan fingerprint density at radius 1 is 1.11 bits per heavy atom. The molecule has 102 valence electrons. The van der Waals surface area contributed by atoms with E-state index >= 15 is 0 Å². The Morgan fingerprint density at radius 2 is 1.84 bits per heavy atom. The van der Waals surface area contributed by atoms with Crippen molar-refractivity contribution in [1.82, 2.24) is 4.90 Å². The molecule has 1 amide bonds. The van der Waals surface area contributed by atoms with Crippen LogP contribution in [0.2, 0.25) is 0 Å². The van der Waals surface area contributed by atoms with Crippen LogP contribution in [0.5, 0.6) is 5.75 Å². The van der Waals surface area contributed by atoms with E-state index in [2.05, 4.69) is 11.0 Å². The number of rotatable bonds is 1. The molecule has 2 heterocycles. The summed E-state index contributed by atoms with van der Waals surface area (Å²) in [5.41, 5.74) is 1.17. The van der Waals surface area contributed by atoms with E-state index in [9.17, 15) is 4.79 Å². The van der Waals surface area contributed by atoms with Gasteiger partial charge in [0.2, 0.25) is 5.91 Å². The monoisotopic (exact) mass is 259 g/mol. The van der Waals surface area contributed by atoms with Crippen LogP contribution in [0.25, 0.3) is 0 Å². The van der Waals surface area contributed by atoms with Gasteiger partial charge in [-0.2, -0.15) is 0 Å². The lowest BCUT2D eigenvalue weighted by Crippen LogP contribution is -2.41. The molecule has 1 saturated heterocycles. The van der Waals surface area contributed by atoms with Gasteiger partial charge in [0.1, 0.15) is 12.4 Å². The Bertz CT molecular complexity index is 450. The average Bonchev–Trinajstić information content (AvgIpc) is 2.75. The molecule has 3 rings (SSSR count). The molecule has 0 radical (unpaired) electrons.